The van der Waals surface area contributed by atoms with Gasteiger partial charge in [0.05, 0.1) is 12.3 Å². The first kappa shape index (κ1) is 21.6. The molecule has 2 aromatic heterocycles. The molecule has 0 saturated carbocycles. The van der Waals surface area contributed by atoms with Crippen molar-refractivity contribution in [3.05, 3.63) is 89.4 Å². The van der Waals surface area contributed by atoms with Gasteiger partial charge in [0.2, 0.25) is 0 Å². The van der Waals surface area contributed by atoms with Crippen molar-refractivity contribution in [1.29, 1.82) is 0 Å². The smallest absolute Gasteiger partial charge is 0.291 e. The summed E-state index contributed by atoms with van der Waals surface area (Å²) in [6, 6.07) is 16.2. The summed E-state index contributed by atoms with van der Waals surface area (Å²) in [5.41, 5.74) is 2.40. The van der Waals surface area contributed by atoms with E-state index in [1.165, 1.54) is 6.33 Å². The van der Waals surface area contributed by atoms with E-state index < -0.39 is 0 Å². The third kappa shape index (κ3) is 5.36. The molecule has 0 unspecified atom stereocenters. The number of furan rings is 1. The first-order valence-corrected chi connectivity index (χ1v) is 10.6. The van der Waals surface area contributed by atoms with Crippen LogP contribution in [0.4, 0.5) is 5.69 Å². The van der Waals surface area contributed by atoms with Gasteiger partial charge in [-0.15, -0.1) is 0 Å². The summed E-state index contributed by atoms with van der Waals surface area (Å²) in [5, 5.41) is 7.54. The molecule has 0 aliphatic carbocycles. The average Bonchev–Trinajstić information content (AvgIpc) is 3.46. The highest BCUT2D eigenvalue weighted by Crippen LogP contribution is 2.27. The standard InChI is InChI=1S/C24H23ClN4O3/c1-16(2)13-31-22-9-3-18(25)11-17(22)12-21-8-10-23(32-21)24(30)28-19-4-6-20(7-5-19)29-15-26-14-27-29/h3-11,14-16H,12-13H2,1-2H3,(H,28,30). The normalized spacial score (nSPS) is 11.0. The highest BCUT2D eigenvalue weighted by Gasteiger charge is 2.14. The van der Waals surface area contributed by atoms with Crippen LogP contribution in [-0.2, 0) is 6.42 Å². The van der Waals surface area contributed by atoms with Crippen molar-refractivity contribution in [3.8, 4) is 11.4 Å². The van der Waals surface area contributed by atoms with Crippen molar-refractivity contribution in [2.75, 3.05) is 11.9 Å². The monoisotopic (exact) mass is 450 g/mol. The lowest BCUT2D eigenvalue weighted by atomic mass is 10.1. The Morgan fingerprint density at radius 1 is 1.16 bits per heavy atom. The fraction of sp³-hybridized carbons (Fsp3) is 0.208. The second kappa shape index (κ2) is 9.70. The maximum Gasteiger partial charge on any atom is 0.291 e. The number of rotatable bonds is 8. The Labute approximate surface area is 191 Å². The molecular formula is C24H23ClN4O3. The van der Waals surface area contributed by atoms with Gasteiger partial charge in [0.15, 0.2) is 5.76 Å². The van der Waals surface area contributed by atoms with Gasteiger partial charge in [-0.2, -0.15) is 5.10 Å². The van der Waals surface area contributed by atoms with Gasteiger partial charge in [-0.25, -0.2) is 9.67 Å². The molecule has 4 aromatic rings. The number of nitrogens with one attached hydrogen (secondary N) is 1. The maximum atomic E-state index is 12.6. The molecule has 4 rings (SSSR count). The second-order valence-corrected chi connectivity index (χ2v) is 8.18. The van der Waals surface area contributed by atoms with Crippen LogP contribution in [0.15, 0.2) is 71.7 Å². The van der Waals surface area contributed by atoms with Crippen molar-refractivity contribution in [1.82, 2.24) is 14.8 Å². The summed E-state index contributed by atoms with van der Waals surface area (Å²) < 4.78 is 13.3. The number of carbonyl (C=O) groups excluding carboxylic acids is 1. The van der Waals surface area contributed by atoms with E-state index in [1.54, 1.807) is 41.3 Å². The number of hydrogen-bond acceptors (Lipinski definition) is 5. The van der Waals surface area contributed by atoms with Crippen molar-refractivity contribution in [2.24, 2.45) is 5.92 Å². The number of amides is 1. The van der Waals surface area contributed by atoms with E-state index in [0.29, 0.717) is 35.4 Å². The topological polar surface area (TPSA) is 82.2 Å². The van der Waals surface area contributed by atoms with Gasteiger partial charge in [0, 0.05) is 22.7 Å². The Bertz CT molecular complexity index is 1180. The van der Waals surface area contributed by atoms with Crippen LogP contribution in [0.2, 0.25) is 5.02 Å². The summed E-state index contributed by atoms with van der Waals surface area (Å²) in [6.07, 6.45) is 3.54. The average molecular weight is 451 g/mol. The van der Waals surface area contributed by atoms with Crippen molar-refractivity contribution in [3.63, 3.8) is 0 Å². The molecule has 1 N–H and O–H groups in total. The highest BCUT2D eigenvalue weighted by molar-refractivity contribution is 6.30. The predicted octanol–water partition coefficient (Wildman–Crippen LogP) is 5.39. The third-order valence-corrected chi connectivity index (χ3v) is 4.89. The minimum absolute atomic E-state index is 0.229. The van der Waals surface area contributed by atoms with Crippen LogP contribution >= 0.6 is 11.6 Å². The Kier molecular flexibility index (Phi) is 6.56. The lowest BCUT2D eigenvalue weighted by Gasteiger charge is -2.13. The first-order valence-electron chi connectivity index (χ1n) is 10.2. The molecule has 7 nitrogen and oxygen atoms in total. The molecule has 2 aromatic carbocycles. The predicted molar refractivity (Wildman–Crippen MR) is 123 cm³/mol. The van der Waals surface area contributed by atoms with Gasteiger partial charge in [0.1, 0.15) is 24.2 Å². The molecule has 2 heterocycles. The molecule has 1 amide bonds. The van der Waals surface area contributed by atoms with Crippen molar-refractivity contribution < 1.29 is 13.9 Å². The summed E-state index contributed by atoms with van der Waals surface area (Å²) in [6.45, 7) is 4.79. The number of ether oxygens (including phenoxy) is 1. The van der Waals surface area contributed by atoms with E-state index in [4.69, 9.17) is 20.8 Å². The quantitative estimate of drug-likeness (QED) is 0.389. The van der Waals surface area contributed by atoms with Gasteiger partial charge < -0.3 is 14.5 Å². The van der Waals surface area contributed by atoms with Gasteiger partial charge >= 0.3 is 0 Å². The van der Waals surface area contributed by atoms with Crippen LogP contribution in [0.5, 0.6) is 5.75 Å². The van der Waals surface area contributed by atoms with Crippen LogP contribution in [0.1, 0.15) is 35.7 Å². The lowest BCUT2D eigenvalue weighted by molar-refractivity contribution is 0.0995. The fourth-order valence-electron chi connectivity index (χ4n) is 3.10. The van der Waals surface area contributed by atoms with Crippen LogP contribution < -0.4 is 10.1 Å². The summed E-state index contributed by atoms with van der Waals surface area (Å²) in [7, 11) is 0. The van der Waals surface area contributed by atoms with E-state index in [9.17, 15) is 4.79 Å². The van der Waals surface area contributed by atoms with E-state index in [2.05, 4.69) is 29.2 Å². The number of benzene rings is 2. The largest absolute Gasteiger partial charge is 0.493 e. The van der Waals surface area contributed by atoms with Crippen LogP contribution in [0.3, 0.4) is 0 Å². The lowest BCUT2D eigenvalue weighted by Crippen LogP contribution is -2.11. The molecule has 0 saturated heterocycles. The van der Waals surface area contributed by atoms with Gasteiger partial charge in [-0.1, -0.05) is 25.4 Å². The molecule has 164 valence electrons. The second-order valence-electron chi connectivity index (χ2n) is 7.74. The molecule has 0 bridgehead atoms. The van der Waals surface area contributed by atoms with Crippen LogP contribution in [0, 0.1) is 5.92 Å². The summed E-state index contributed by atoms with van der Waals surface area (Å²) in [4.78, 5) is 16.5. The minimum Gasteiger partial charge on any atom is -0.493 e. The maximum absolute atomic E-state index is 12.6. The SMILES string of the molecule is CC(C)COc1ccc(Cl)cc1Cc1ccc(C(=O)Nc2ccc(-n3cncn3)cc2)o1. The Morgan fingerprint density at radius 2 is 1.97 bits per heavy atom. The third-order valence-electron chi connectivity index (χ3n) is 4.65. The zero-order chi connectivity index (χ0) is 22.5. The Hall–Kier alpha value is -3.58. The molecule has 0 aliphatic rings. The highest BCUT2D eigenvalue weighted by atomic mass is 35.5. The summed E-state index contributed by atoms with van der Waals surface area (Å²) >= 11 is 6.18. The van der Waals surface area contributed by atoms with Gasteiger partial charge in [-0.3, -0.25) is 4.79 Å². The molecular weight excluding hydrogens is 428 g/mol. The molecule has 0 fully saturated rings. The van der Waals surface area contributed by atoms with Crippen molar-refractivity contribution in [2.45, 2.75) is 20.3 Å². The zero-order valence-corrected chi connectivity index (χ0v) is 18.5. The Morgan fingerprint density at radius 3 is 2.69 bits per heavy atom. The number of carbonyl (C=O) groups is 1. The van der Waals surface area contributed by atoms with E-state index in [-0.39, 0.29) is 11.7 Å². The summed E-state index contributed by atoms with van der Waals surface area (Å²) in [5.74, 6) is 1.72. The molecule has 0 radical (unpaired) electrons. The Balaban J connectivity index is 1.42. The van der Waals surface area contributed by atoms with Gasteiger partial charge in [-0.05, 0) is 60.5 Å². The minimum atomic E-state index is -0.327. The number of aromatic nitrogens is 3. The van der Waals surface area contributed by atoms with Gasteiger partial charge in [0.25, 0.3) is 5.91 Å². The zero-order valence-electron chi connectivity index (χ0n) is 17.8. The molecule has 0 spiro atoms. The molecule has 0 atom stereocenters. The van der Waals surface area contributed by atoms with E-state index >= 15 is 0 Å². The molecule has 8 heteroatoms. The molecule has 32 heavy (non-hydrogen) atoms. The first-order chi connectivity index (χ1) is 15.5. The van der Waals surface area contributed by atoms with Crippen LogP contribution in [0.25, 0.3) is 5.69 Å². The number of anilines is 1. The molecule has 0 aliphatic heterocycles. The van der Waals surface area contributed by atoms with Crippen LogP contribution in [-0.4, -0.2) is 27.3 Å². The number of hydrogen-bond donors (Lipinski definition) is 1. The number of halogens is 1. The number of nitrogens with zero attached hydrogens (tertiary/aromatic N) is 3. The fourth-order valence-corrected chi connectivity index (χ4v) is 3.29. The van der Waals surface area contributed by atoms with E-state index in [1.807, 2.05) is 24.3 Å². The van der Waals surface area contributed by atoms with E-state index in [0.717, 1.165) is 17.0 Å². The van der Waals surface area contributed by atoms with Crippen molar-refractivity contribution >= 4 is 23.2 Å².